The van der Waals surface area contributed by atoms with Gasteiger partial charge in [-0.25, -0.2) is 0 Å². The summed E-state index contributed by atoms with van der Waals surface area (Å²) >= 11 is 0. The molecule has 1 aliphatic heterocycles. The highest BCUT2D eigenvalue weighted by Gasteiger charge is 2.24. The largest absolute Gasteiger partial charge is 0.359 e. The van der Waals surface area contributed by atoms with Gasteiger partial charge >= 0.3 is 0 Å². The van der Waals surface area contributed by atoms with Crippen molar-refractivity contribution in [1.82, 2.24) is 4.90 Å². The van der Waals surface area contributed by atoms with Crippen molar-refractivity contribution in [2.45, 2.75) is 32.9 Å². The van der Waals surface area contributed by atoms with Gasteiger partial charge in [0.15, 0.2) is 0 Å². The molecule has 1 unspecified atom stereocenters. The third-order valence-corrected chi connectivity index (χ3v) is 1.96. The molecule has 0 aromatic carbocycles. The summed E-state index contributed by atoms with van der Waals surface area (Å²) in [6.45, 7) is 5.40. The van der Waals surface area contributed by atoms with Crippen LogP contribution >= 0.6 is 0 Å². The van der Waals surface area contributed by atoms with Crippen molar-refractivity contribution in [2.24, 2.45) is 0 Å². The maximum Gasteiger partial charge on any atom is 0.224 e. The van der Waals surface area contributed by atoms with Gasteiger partial charge in [-0.3, -0.25) is 4.79 Å². The van der Waals surface area contributed by atoms with E-state index in [1.54, 1.807) is 4.90 Å². The Hall–Kier alpha value is -0.570. The van der Waals surface area contributed by atoms with E-state index in [0.29, 0.717) is 13.0 Å². The van der Waals surface area contributed by atoms with Crippen LogP contribution in [0.1, 0.15) is 26.7 Å². The highest BCUT2D eigenvalue weighted by atomic mass is 16.5. The lowest BCUT2D eigenvalue weighted by Crippen LogP contribution is -2.35. The lowest BCUT2D eigenvalue weighted by atomic mass is 10.4. The van der Waals surface area contributed by atoms with Crippen LogP contribution in [0, 0.1) is 0 Å². The standard InChI is InChI=1S/C8H15NO2/c1-3-11-7(2)9-6-4-5-8(9)10/h7H,3-6H2,1-2H3. The summed E-state index contributed by atoms with van der Waals surface area (Å²) in [6.07, 6.45) is 1.64. The van der Waals surface area contributed by atoms with Crippen LogP contribution in [0.3, 0.4) is 0 Å². The van der Waals surface area contributed by atoms with E-state index in [2.05, 4.69) is 0 Å². The summed E-state index contributed by atoms with van der Waals surface area (Å²) in [5.41, 5.74) is 0. The van der Waals surface area contributed by atoms with Crippen LogP contribution < -0.4 is 0 Å². The summed E-state index contributed by atoms with van der Waals surface area (Å²) in [5, 5.41) is 0. The van der Waals surface area contributed by atoms with E-state index in [4.69, 9.17) is 4.74 Å². The Kier molecular flexibility index (Phi) is 2.88. The summed E-state index contributed by atoms with van der Waals surface area (Å²) < 4.78 is 5.30. The number of hydrogen-bond donors (Lipinski definition) is 0. The molecule has 0 saturated carbocycles. The minimum atomic E-state index is -0.0324. The topological polar surface area (TPSA) is 29.5 Å². The van der Waals surface area contributed by atoms with Crippen LogP contribution in [0.15, 0.2) is 0 Å². The van der Waals surface area contributed by atoms with E-state index in [0.717, 1.165) is 13.0 Å². The average molecular weight is 157 g/mol. The Balaban J connectivity index is 2.39. The molecule has 1 aliphatic rings. The first-order valence-electron chi connectivity index (χ1n) is 4.16. The number of nitrogens with zero attached hydrogens (tertiary/aromatic N) is 1. The van der Waals surface area contributed by atoms with Gasteiger partial charge < -0.3 is 9.64 Å². The molecule has 0 N–H and O–H groups in total. The van der Waals surface area contributed by atoms with E-state index < -0.39 is 0 Å². The molecule has 0 radical (unpaired) electrons. The Morgan fingerprint density at radius 1 is 1.73 bits per heavy atom. The van der Waals surface area contributed by atoms with E-state index >= 15 is 0 Å². The van der Waals surface area contributed by atoms with Gasteiger partial charge in [0.1, 0.15) is 6.23 Å². The van der Waals surface area contributed by atoms with Gasteiger partial charge in [0.2, 0.25) is 5.91 Å². The highest BCUT2D eigenvalue weighted by molar-refractivity contribution is 5.78. The molecule has 1 rings (SSSR count). The number of carbonyl (C=O) groups is 1. The van der Waals surface area contributed by atoms with Crippen molar-refractivity contribution in [3.05, 3.63) is 0 Å². The maximum atomic E-state index is 11.1. The molecule has 1 fully saturated rings. The molecule has 11 heavy (non-hydrogen) atoms. The zero-order valence-electron chi connectivity index (χ0n) is 7.17. The summed E-state index contributed by atoms with van der Waals surface area (Å²) in [5.74, 6) is 0.228. The van der Waals surface area contributed by atoms with Crippen LogP contribution in [0.5, 0.6) is 0 Å². The van der Waals surface area contributed by atoms with Crippen molar-refractivity contribution >= 4 is 5.91 Å². The third-order valence-electron chi connectivity index (χ3n) is 1.96. The normalized spacial score (nSPS) is 20.9. The van der Waals surface area contributed by atoms with Crippen molar-refractivity contribution in [3.8, 4) is 0 Å². The highest BCUT2D eigenvalue weighted by Crippen LogP contribution is 2.13. The van der Waals surface area contributed by atoms with Crippen LogP contribution in [-0.2, 0) is 9.53 Å². The van der Waals surface area contributed by atoms with Crippen LogP contribution in [-0.4, -0.2) is 30.2 Å². The van der Waals surface area contributed by atoms with Crippen molar-refractivity contribution in [2.75, 3.05) is 13.2 Å². The van der Waals surface area contributed by atoms with Crippen LogP contribution in [0.2, 0.25) is 0 Å². The van der Waals surface area contributed by atoms with Crippen LogP contribution in [0.25, 0.3) is 0 Å². The molecule has 1 saturated heterocycles. The molecule has 1 amide bonds. The lowest BCUT2D eigenvalue weighted by molar-refractivity contribution is -0.139. The monoisotopic (exact) mass is 157 g/mol. The Labute approximate surface area is 67.3 Å². The molecule has 64 valence electrons. The number of carbonyl (C=O) groups excluding carboxylic acids is 1. The van der Waals surface area contributed by atoms with Crippen molar-refractivity contribution < 1.29 is 9.53 Å². The number of likely N-dealkylation sites (tertiary alicyclic amines) is 1. The van der Waals surface area contributed by atoms with Gasteiger partial charge in [-0.15, -0.1) is 0 Å². The number of rotatable bonds is 3. The number of hydrogen-bond acceptors (Lipinski definition) is 2. The minimum Gasteiger partial charge on any atom is -0.359 e. The lowest BCUT2D eigenvalue weighted by Gasteiger charge is -2.23. The SMILES string of the molecule is CCOC(C)N1CCCC1=O. The Bertz CT molecular complexity index is 147. The molecule has 3 heteroatoms. The molecule has 1 heterocycles. The molecule has 0 aromatic rings. The molecular weight excluding hydrogens is 142 g/mol. The third kappa shape index (κ3) is 1.93. The molecule has 0 bridgehead atoms. The minimum absolute atomic E-state index is 0.0324. The molecule has 3 nitrogen and oxygen atoms in total. The second kappa shape index (κ2) is 3.72. The predicted molar refractivity (Wildman–Crippen MR) is 42.0 cm³/mol. The fourth-order valence-electron chi connectivity index (χ4n) is 1.38. The number of ether oxygens (including phenoxy) is 1. The summed E-state index contributed by atoms with van der Waals surface area (Å²) in [6, 6.07) is 0. The number of amides is 1. The van der Waals surface area contributed by atoms with E-state index in [1.165, 1.54) is 0 Å². The van der Waals surface area contributed by atoms with Crippen molar-refractivity contribution in [3.63, 3.8) is 0 Å². The van der Waals surface area contributed by atoms with Gasteiger partial charge in [-0.2, -0.15) is 0 Å². The molecule has 0 spiro atoms. The fourth-order valence-corrected chi connectivity index (χ4v) is 1.38. The zero-order chi connectivity index (χ0) is 8.27. The van der Waals surface area contributed by atoms with E-state index in [1.807, 2.05) is 13.8 Å². The molecule has 1 atom stereocenters. The summed E-state index contributed by atoms with van der Waals surface area (Å²) in [4.78, 5) is 12.9. The Morgan fingerprint density at radius 3 is 2.91 bits per heavy atom. The second-order valence-electron chi connectivity index (χ2n) is 2.75. The van der Waals surface area contributed by atoms with Gasteiger partial charge in [0, 0.05) is 19.6 Å². The van der Waals surface area contributed by atoms with Crippen molar-refractivity contribution in [1.29, 1.82) is 0 Å². The average Bonchev–Trinajstić information content (AvgIpc) is 2.36. The van der Waals surface area contributed by atoms with E-state index in [9.17, 15) is 4.79 Å². The molecule has 0 aromatic heterocycles. The maximum absolute atomic E-state index is 11.1. The second-order valence-corrected chi connectivity index (χ2v) is 2.75. The predicted octanol–water partition coefficient (Wildman–Crippen LogP) is 0.991. The van der Waals surface area contributed by atoms with Gasteiger partial charge in [-0.05, 0) is 20.3 Å². The zero-order valence-corrected chi connectivity index (χ0v) is 7.17. The first-order valence-corrected chi connectivity index (χ1v) is 4.16. The molecular formula is C8H15NO2. The van der Waals surface area contributed by atoms with Gasteiger partial charge in [0.05, 0.1) is 0 Å². The fraction of sp³-hybridized carbons (Fsp3) is 0.875. The Morgan fingerprint density at radius 2 is 2.45 bits per heavy atom. The smallest absolute Gasteiger partial charge is 0.224 e. The first-order chi connectivity index (χ1) is 5.25. The quantitative estimate of drug-likeness (QED) is 0.611. The molecule has 0 aliphatic carbocycles. The first kappa shape index (κ1) is 8.53. The van der Waals surface area contributed by atoms with Gasteiger partial charge in [0.25, 0.3) is 0 Å². The van der Waals surface area contributed by atoms with Crippen LogP contribution in [0.4, 0.5) is 0 Å². The van der Waals surface area contributed by atoms with E-state index in [-0.39, 0.29) is 12.1 Å². The van der Waals surface area contributed by atoms with Gasteiger partial charge in [-0.1, -0.05) is 0 Å². The summed E-state index contributed by atoms with van der Waals surface area (Å²) in [7, 11) is 0.